The zero-order valence-electron chi connectivity index (χ0n) is 13.7. The third-order valence-corrected chi connectivity index (χ3v) is 4.53. The molecule has 3 heterocycles. The number of hydrogen-bond donors (Lipinski definition) is 3. The van der Waals surface area contributed by atoms with Crippen molar-refractivity contribution in [1.29, 1.82) is 0 Å². The minimum Gasteiger partial charge on any atom is -0.412 e. The van der Waals surface area contributed by atoms with Gasteiger partial charge in [-0.2, -0.15) is 0 Å². The molecular weight excluding hydrogens is 342 g/mol. The fraction of sp³-hybridized carbons (Fsp3) is 0.235. The van der Waals surface area contributed by atoms with Gasteiger partial charge in [0.1, 0.15) is 0 Å². The van der Waals surface area contributed by atoms with E-state index < -0.39 is 0 Å². The lowest BCUT2D eigenvalue weighted by molar-refractivity contribution is 0.187. The van der Waals surface area contributed by atoms with Crippen molar-refractivity contribution in [2.75, 3.05) is 13.2 Å². The normalized spacial score (nSPS) is 16.0. The number of thiol groups is 1. The van der Waals surface area contributed by atoms with Gasteiger partial charge in [0.25, 0.3) is 5.56 Å². The van der Waals surface area contributed by atoms with Crippen molar-refractivity contribution in [3.8, 4) is 11.1 Å². The lowest BCUT2D eigenvalue weighted by atomic mass is 10.1. The van der Waals surface area contributed by atoms with Gasteiger partial charge in [-0.1, -0.05) is 12.1 Å². The second kappa shape index (κ2) is 8.32. The Morgan fingerprint density at radius 1 is 1.16 bits per heavy atom. The molecular formula is C17H23N3O4S. The van der Waals surface area contributed by atoms with E-state index in [-0.39, 0.29) is 22.7 Å². The van der Waals surface area contributed by atoms with E-state index in [0.717, 1.165) is 40.0 Å². The number of nitrogens with one attached hydrogen (secondary N) is 1. The van der Waals surface area contributed by atoms with Crippen molar-refractivity contribution in [3.05, 3.63) is 53.1 Å². The highest BCUT2D eigenvalue weighted by molar-refractivity contribution is 7.80. The number of pyridine rings is 1. The van der Waals surface area contributed by atoms with E-state index in [1.807, 2.05) is 30.3 Å². The van der Waals surface area contributed by atoms with Gasteiger partial charge in [0, 0.05) is 29.5 Å². The van der Waals surface area contributed by atoms with Crippen LogP contribution in [0.3, 0.4) is 0 Å². The Bertz CT molecular complexity index is 883. The first-order valence-electron chi connectivity index (χ1n) is 7.33. The van der Waals surface area contributed by atoms with E-state index in [1.54, 1.807) is 6.20 Å². The molecule has 1 aliphatic heterocycles. The fourth-order valence-corrected chi connectivity index (χ4v) is 3.27. The predicted octanol–water partition coefficient (Wildman–Crippen LogP) is 1.76. The molecule has 0 aliphatic carbocycles. The first-order chi connectivity index (χ1) is 10.7. The van der Waals surface area contributed by atoms with E-state index in [9.17, 15) is 4.79 Å². The highest BCUT2D eigenvalue weighted by Gasteiger charge is 2.22. The highest BCUT2D eigenvalue weighted by atomic mass is 32.1. The number of ether oxygens (including phenoxy) is 1. The van der Waals surface area contributed by atoms with Gasteiger partial charge in [-0.15, -0.1) is 12.6 Å². The Morgan fingerprint density at radius 2 is 1.88 bits per heavy atom. The maximum absolute atomic E-state index is 12.4. The van der Waals surface area contributed by atoms with Gasteiger partial charge in [-0.25, -0.2) is 0 Å². The number of benzene rings is 1. The second-order valence-corrected chi connectivity index (χ2v) is 6.10. The molecule has 1 unspecified atom stereocenters. The van der Waals surface area contributed by atoms with Crippen molar-refractivity contribution < 1.29 is 15.7 Å². The monoisotopic (exact) mass is 365 g/mol. The average Bonchev–Trinajstić information content (AvgIpc) is 3.15. The highest BCUT2D eigenvalue weighted by Crippen LogP contribution is 2.32. The van der Waals surface area contributed by atoms with Crippen molar-refractivity contribution >= 4 is 23.5 Å². The zero-order chi connectivity index (χ0) is 15.1. The van der Waals surface area contributed by atoms with Crippen LogP contribution in [0.4, 0.5) is 0 Å². The molecule has 8 heteroatoms. The summed E-state index contributed by atoms with van der Waals surface area (Å²) in [6.45, 7) is 1.48. The summed E-state index contributed by atoms with van der Waals surface area (Å²) < 4.78 is 7.69. The van der Waals surface area contributed by atoms with E-state index in [1.165, 1.54) is 0 Å². The predicted molar refractivity (Wildman–Crippen MR) is 102 cm³/mol. The number of nitrogens with zero attached hydrogens (tertiary/aromatic N) is 1. The van der Waals surface area contributed by atoms with Gasteiger partial charge in [0.2, 0.25) is 0 Å². The molecule has 0 bridgehead atoms. The standard InChI is InChI=1S/C17H16N2O2S.H3N.2H2O/c20-17-16-14(11-1-3-13(22)4-2-11)9-19(12-6-8-21-10-12)15(16)5-7-18-17;;;/h1-5,7,9,12,22H,6,8,10H2,(H,18,20);1H3;2*1H2. The largest absolute Gasteiger partial charge is 0.412 e. The number of fused-ring (bicyclic) bond motifs is 1. The van der Waals surface area contributed by atoms with Crippen molar-refractivity contribution in [3.63, 3.8) is 0 Å². The smallest absolute Gasteiger partial charge is 0.258 e. The molecule has 0 spiro atoms. The molecule has 0 saturated carbocycles. The van der Waals surface area contributed by atoms with E-state index in [2.05, 4.69) is 28.4 Å². The van der Waals surface area contributed by atoms with Crippen LogP contribution in [0.15, 0.2) is 52.4 Å². The Hall–Kier alpha value is -2.10. The fourth-order valence-electron chi connectivity index (χ4n) is 3.12. The molecule has 8 N–H and O–H groups in total. The Morgan fingerprint density at radius 3 is 2.52 bits per heavy atom. The molecule has 0 radical (unpaired) electrons. The van der Waals surface area contributed by atoms with Crippen LogP contribution in [0, 0.1) is 0 Å². The Labute approximate surface area is 150 Å². The lowest BCUT2D eigenvalue weighted by Crippen LogP contribution is -2.09. The maximum atomic E-state index is 12.4. The molecule has 1 aliphatic rings. The van der Waals surface area contributed by atoms with Crippen molar-refractivity contribution in [2.24, 2.45) is 0 Å². The maximum Gasteiger partial charge on any atom is 0.258 e. The molecule has 3 aromatic rings. The van der Waals surface area contributed by atoms with Gasteiger partial charge < -0.3 is 31.4 Å². The topological polar surface area (TPSA) is 145 Å². The minimum atomic E-state index is -0.0554. The van der Waals surface area contributed by atoms with Gasteiger partial charge in [0.05, 0.1) is 23.6 Å². The lowest BCUT2D eigenvalue weighted by Gasteiger charge is -2.11. The molecule has 1 atom stereocenters. The molecule has 0 amide bonds. The van der Waals surface area contributed by atoms with Crippen LogP contribution in [0.5, 0.6) is 0 Å². The summed E-state index contributed by atoms with van der Waals surface area (Å²) in [5.41, 5.74) is 2.89. The average molecular weight is 365 g/mol. The van der Waals surface area contributed by atoms with Crippen LogP contribution in [-0.4, -0.2) is 33.7 Å². The summed E-state index contributed by atoms with van der Waals surface area (Å²) in [6, 6.07) is 10.1. The van der Waals surface area contributed by atoms with Gasteiger partial charge >= 0.3 is 0 Å². The van der Waals surface area contributed by atoms with Gasteiger partial charge in [-0.05, 0) is 30.2 Å². The zero-order valence-corrected chi connectivity index (χ0v) is 14.6. The summed E-state index contributed by atoms with van der Waals surface area (Å²) in [4.78, 5) is 16.0. The van der Waals surface area contributed by atoms with Gasteiger partial charge in [0.15, 0.2) is 0 Å². The Balaban J connectivity index is 0.00000104. The van der Waals surface area contributed by atoms with Gasteiger partial charge in [-0.3, -0.25) is 4.79 Å². The summed E-state index contributed by atoms with van der Waals surface area (Å²) in [5.74, 6) is 0. The molecule has 1 fully saturated rings. The third kappa shape index (κ3) is 3.63. The molecule has 25 heavy (non-hydrogen) atoms. The van der Waals surface area contributed by atoms with Crippen LogP contribution in [0.25, 0.3) is 22.0 Å². The molecule has 1 saturated heterocycles. The number of rotatable bonds is 2. The number of H-pyrrole nitrogens is 1. The minimum absolute atomic E-state index is 0. The van der Waals surface area contributed by atoms with Crippen LogP contribution in [0.2, 0.25) is 0 Å². The Kier molecular flexibility index (Phi) is 6.97. The molecule has 7 nitrogen and oxygen atoms in total. The SMILES string of the molecule is N.O.O.O=c1[nH]ccc2c1c(-c1ccc(S)cc1)cn2C1CCOC1. The summed E-state index contributed by atoms with van der Waals surface area (Å²) >= 11 is 4.32. The molecule has 1 aromatic carbocycles. The van der Waals surface area contributed by atoms with Crippen molar-refractivity contribution in [1.82, 2.24) is 15.7 Å². The van der Waals surface area contributed by atoms with Crippen LogP contribution in [-0.2, 0) is 4.74 Å². The van der Waals surface area contributed by atoms with Crippen LogP contribution in [0.1, 0.15) is 12.5 Å². The van der Waals surface area contributed by atoms with Crippen molar-refractivity contribution in [2.45, 2.75) is 17.4 Å². The third-order valence-electron chi connectivity index (χ3n) is 4.23. The summed E-state index contributed by atoms with van der Waals surface area (Å²) in [7, 11) is 0. The molecule has 2 aromatic heterocycles. The number of aromatic amines is 1. The summed E-state index contributed by atoms with van der Waals surface area (Å²) in [5, 5.41) is 0.737. The van der Waals surface area contributed by atoms with E-state index in [0.29, 0.717) is 12.6 Å². The van der Waals surface area contributed by atoms with E-state index >= 15 is 0 Å². The summed E-state index contributed by atoms with van der Waals surface area (Å²) in [6.07, 6.45) is 4.76. The van der Waals surface area contributed by atoms with Crippen LogP contribution >= 0.6 is 12.6 Å². The molecule has 136 valence electrons. The van der Waals surface area contributed by atoms with Crippen LogP contribution < -0.4 is 11.7 Å². The van der Waals surface area contributed by atoms with E-state index in [4.69, 9.17) is 4.74 Å². The number of aromatic nitrogens is 2. The quantitative estimate of drug-likeness (QED) is 0.595. The second-order valence-electron chi connectivity index (χ2n) is 5.58. The molecule has 4 rings (SSSR count). The number of hydrogen-bond acceptors (Lipinski definition) is 4. The first kappa shape index (κ1) is 20.9. The first-order valence-corrected chi connectivity index (χ1v) is 7.78.